The average Bonchev–Trinajstić information content (AvgIpc) is 3.10. The molecule has 4 bridgehead atoms. The van der Waals surface area contributed by atoms with E-state index >= 15 is 0 Å². The summed E-state index contributed by atoms with van der Waals surface area (Å²) in [5.74, 6) is 2.49. The van der Waals surface area contributed by atoms with E-state index in [0.29, 0.717) is 24.2 Å². The van der Waals surface area contributed by atoms with Gasteiger partial charge < -0.3 is 9.53 Å². The van der Waals surface area contributed by atoms with E-state index in [-0.39, 0.29) is 5.78 Å². The number of ketones is 1. The summed E-state index contributed by atoms with van der Waals surface area (Å²) in [6.45, 7) is 1.66. The van der Waals surface area contributed by atoms with E-state index in [4.69, 9.17) is 14.5 Å². The Kier molecular flexibility index (Phi) is 4.63. The lowest BCUT2D eigenvalue weighted by Crippen LogP contribution is -2.59. The minimum absolute atomic E-state index is 0.252. The van der Waals surface area contributed by atoms with Crippen LogP contribution in [0.1, 0.15) is 88.2 Å². The Bertz CT molecular complexity index is 787. The van der Waals surface area contributed by atoms with E-state index < -0.39 is 11.6 Å². The number of Topliss-reactive ketones (excluding diaryl/α,β-unsaturated/α-hetero) is 1. The molecule has 0 amide bonds. The first-order valence-electron chi connectivity index (χ1n) is 12.2. The molecule has 2 spiro atoms. The Morgan fingerprint density at radius 1 is 1.00 bits per heavy atom. The highest BCUT2D eigenvalue weighted by Gasteiger charge is 2.67. The Balaban J connectivity index is 1.17. The van der Waals surface area contributed by atoms with Gasteiger partial charge in [-0.2, -0.15) is 9.78 Å². The summed E-state index contributed by atoms with van der Waals surface area (Å²) in [7, 11) is 0. The lowest BCUT2D eigenvalue weighted by Gasteiger charge is -2.57. The van der Waals surface area contributed by atoms with Crippen molar-refractivity contribution in [3.63, 3.8) is 0 Å². The molecule has 162 valence electrons. The summed E-state index contributed by atoms with van der Waals surface area (Å²) in [5.41, 5.74) is 2.60. The van der Waals surface area contributed by atoms with Gasteiger partial charge in [-0.3, -0.25) is 0 Å². The third-order valence-electron chi connectivity index (χ3n) is 8.83. The quantitative estimate of drug-likeness (QED) is 0.598. The molecule has 6 aliphatic rings. The molecule has 4 nitrogen and oxygen atoms in total. The fourth-order valence-corrected chi connectivity index (χ4v) is 7.54. The van der Waals surface area contributed by atoms with Crippen molar-refractivity contribution >= 4 is 5.78 Å². The molecule has 0 N–H and O–H groups in total. The van der Waals surface area contributed by atoms with Crippen molar-refractivity contribution < 1.29 is 19.3 Å². The Morgan fingerprint density at radius 3 is 2.37 bits per heavy atom. The van der Waals surface area contributed by atoms with Crippen LogP contribution in [0.5, 0.6) is 0 Å². The van der Waals surface area contributed by atoms with Crippen molar-refractivity contribution in [2.75, 3.05) is 0 Å². The van der Waals surface area contributed by atoms with E-state index in [2.05, 4.69) is 24.3 Å². The molecule has 1 aromatic rings. The maximum absolute atomic E-state index is 11.3. The monoisotopic (exact) mass is 410 g/mol. The van der Waals surface area contributed by atoms with E-state index in [9.17, 15) is 4.79 Å². The number of ether oxygens (including phenoxy) is 1. The standard InChI is InChI=1S/C26H34O4/c1-17(27)4-5-18-6-8-21(9-7-18)22-3-2-10-25(16-22)28-26(30-29-25)23-12-19-11-20(14-23)15-24(26)13-19/h6-9,19-20,22-24H,2-5,10-16H2,1H3/t19?,20?,22?,23?,24?,25-,26?/m1/s1. The third-order valence-corrected chi connectivity index (χ3v) is 8.83. The van der Waals surface area contributed by atoms with E-state index in [0.717, 1.165) is 37.5 Å². The first-order chi connectivity index (χ1) is 14.5. The second-order valence-electron chi connectivity index (χ2n) is 10.9. The van der Waals surface area contributed by atoms with Gasteiger partial charge in [-0.25, -0.2) is 0 Å². The van der Waals surface area contributed by atoms with Crippen LogP contribution in [-0.4, -0.2) is 17.4 Å². The lowest BCUT2D eigenvalue weighted by molar-refractivity contribution is -0.390. The number of hydrogen-bond donors (Lipinski definition) is 0. The number of carbonyl (C=O) groups is 1. The van der Waals surface area contributed by atoms with Crippen LogP contribution in [0.15, 0.2) is 24.3 Å². The molecule has 6 fully saturated rings. The number of benzene rings is 1. The normalized spacial score (nSPS) is 44.2. The topological polar surface area (TPSA) is 44.8 Å². The Labute approximate surface area is 179 Å². The molecule has 1 aromatic carbocycles. The highest BCUT2D eigenvalue weighted by molar-refractivity contribution is 5.75. The first-order valence-corrected chi connectivity index (χ1v) is 12.2. The predicted octanol–water partition coefficient (Wildman–Crippen LogP) is 5.69. The summed E-state index contributed by atoms with van der Waals surface area (Å²) >= 11 is 0. The molecule has 30 heavy (non-hydrogen) atoms. The second kappa shape index (κ2) is 7.15. The van der Waals surface area contributed by atoms with Crippen LogP contribution in [0.2, 0.25) is 0 Å². The fourth-order valence-electron chi connectivity index (χ4n) is 7.54. The lowest BCUT2D eigenvalue weighted by atomic mass is 9.53. The number of hydrogen-bond acceptors (Lipinski definition) is 4. The highest BCUT2D eigenvalue weighted by atomic mass is 17.3. The summed E-state index contributed by atoms with van der Waals surface area (Å²) in [5, 5.41) is 0. The van der Waals surface area contributed by atoms with E-state index in [1.54, 1.807) is 6.92 Å². The van der Waals surface area contributed by atoms with Gasteiger partial charge >= 0.3 is 0 Å². The van der Waals surface area contributed by atoms with Gasteiger partial charge in [0.05, 0.1) is 0 Å². The van der Waals surface area contributed by atoms with E-state index in [1.165, 1.54) is 49.7 Å². The maximum Gasteiger partial charge on any atom is 0.210 e. The van der Waals surface area contributed by atoms with Crippen molar-refractivity contribution in [1.29, 1.82) is 0 Å². The molecule has 7 rings (SSSR count). The van der Waals surface area contributed by atoms with Crippen molar-refractivity contribution in [2.24, 2.45) is 23.7 Å². The molecular weight excluding hydrogens is 376 g/mol. The Morgan fingerprint density at radius 2 is 1.70 bits per heavy atom. The molecule has 1 saturated heterocycles. The number of carbonyl (C=O) groups excluding carboxylic acids is 1. The molecule has 5 saturated carbocycles. The zero-order chi connectivity index (χ0) is 20.3. The van der Waals surface area contributed by atoms with Crippen molar-refractivity contribution in [1.82, 2.24) is 0 Å². The predicted molar refractivity (Wildman–Crippen MR) is 112 cm³/mol. The molecule has 1 aliphatic heterocycles. The van der Waals surface area contributed by atoms with Crippen molar-refractivity contribution in [2.45, 2.75) is 95.0 Å². The summed E-state index contributed by atoms with van der Waals surface area (Å²) < 4.78 is 6.91. The zero-order valence-electron chi connectivity index (χ0n) is 18.1. The molecule has 0 aromatic heterocycles. The van der Waals surface area contributed by atoms with Crippen LogP contribution in [0.4, 0.5) is 0 Å². The van der Waals surface area contributed by atoms with Crippen LogP contribution in [0.3, 0.4) is 0 Å². The van der Waals surface area contributed by atoms with Gasteiger partial charge in [-0.15, -0.1) is 0 Å². The van der Waals surface area contributed by atoms with E-state index in [1.807, 2.05) is 0 Å². The number of rotatable bonds is 4. The molecule has 5 aliphatic carbocycles. The van der Waals surface area contributed by atoms with Gasteiger partial charge in [0, 0.05) is 31.1 Å². The molecule has 2 atom stereocenters. The zero-order valence-corrected chi connectivity index (χ0v) is 18.1. The van der Waals surface area contributed by atoms with Crippen molar-refractivity contribution in [3.05, 3.63) is 35.4 Å². The van der Waals surface area contributed by atoms with Crippen LogP contribution in [-0.2, 0) is 25.7 Å². The van der Waals surface area contributed by atoms with Crippen LogP contribution in [0.25, 0.3) is 0 Å². The summed E-state index contributed by atoms with van der Waals surface area (Å²) in [4.78, 5) is 23.6. The van der Waals surface area contributed by atoms with Crippen molar-refractivity contribution in [3.8, 4) is 0 Å². The van der Waals surface area contributed by atoms with Gasteiger partial charge in [0.15, 0.2) is 0 Å². The number of aryl methyl sites for hydroxylation is 1. The maximum atomic E-state index is 11.3. The van der Waals surface area contributed by atoms with Crippen LogP contribution < -0.4 is 0 Å². The molecular formula is C26H34O4. The minimum Gasteiger partial charge on any atom is -0.312 e. The molecule has 1 unspecified atom stereocenters. The smallest absolute Gasteiger partial charge is 0.210 e. The van der Waals surface area contributed by atoms with Gasteiger partial charge in [0.2, 0.25) is 11.6 Å². The Hall–Kier alpha value is -1.23. The van der Waals surface area contributed by atoms with Gasteiger partial charge in [-0.05, 0) is 87.2 Å². The minimum atomic E-state index is -0.564. The average molecular weight is 411 g/mol. The highest BCUT2D eigenvalue weighted by Crippen LogP contribution is 2.64. The third kappa shape index (κ3) is 3.18. The molecule has 0 radical (unpaired) electrons. The van der Waals surface area contributed by atoms with Crippen LogP contribution in [0, 0.1) is 23.7 Å². The van der Waals surface area contributed by atoms with Gasteiger partial charge in [0.1, 0.15) is 5.78 Å². The molecule has 1 heterocycles. The fraction of sp³-hybridized carbons (Fsp3) is 0.731. The van der Waals surface area contributed by atoms with Gasteiger partial charge in [0.25, 0.3) is 0 Å². The first kappa shape index (κ1) is 19.5. The van der Waals surface area contributed by atoms with Gasteiger partial charge in [-0.1, -0.05) is 24.3 Å². The van der Waals surface area contributed by atoms with Crippen LogP contribution >= 0.6 is 0 Å². The summed E-state index contributed by atoms with van der Waals surface area (Å²) in [6, 6.07) is 8.86. The summed E-state index contributed by atoms with van der Waals surface area (Å²) in [6.07, 6.45) is 12.0. The second-order valence-corrected chi connectivity index (χ2v) is 10.9. The SMILES string of the molecule is CC(=O)CCc1ccc(C2CCC[C@]3(C2)OOC2(O3)C3CC4CC(C3)CC2C4)cc1. The largest absolute Gasteiger partial charge is 0.312 e. The molecule has 4 heteroatoms.